The standard InChI is InChI=1S/C16H18N2O2/c1-18(12-10-14-7-5-6-11-17-14)16(19)13-20-15-8-3-2-4-9-15/h2-9,11H,10,12-13H2,1H3. The lowest BCUT2D eigenvalue weighted by atomic mass is 10.2. The molecule has 20 heavy (non-hydrogen) atoms. The van der Waals surface area contributed by atoms with Crippen LogP contribution in [-0.2, 0) is 11.2 Å². The fraction of sp³-hybridized carbons (Fsp3) is 0.250. The van der Waals surface area contributed by atoms with E-state index in [1.165, 1.54) is 0 Å². The minimum atomic E-state index is -0.0372. The highest BCUT2D eigenvalue weighted by Crippen LogP contribution is 2.08. The van der Waals surface area contributed by atoms with Crippen LogP contribution in [-0.4, -0.2) is 36.0 Å². The Bertz CT molecular complexity index is 529. The second kappa shape index (κ2) is 7.28. The number of para-hydroxylation sites is 1. The van der Waals surface area contributed by atoms with Gasteiger partial charge in [-0.1, -0.05) is 24.3 Å². The second-order valence-corrected chi connectivity index (χ2v) is 4.49. The summed E-state index contributed by atoms with van der Waals surface area (Å²) in [6.45, 7) is 0.691. The second-order valence-electron chi connectivity index (χ2n) is 4.49. The van der Waals surface area contributed by atoms with Gasteiger partial charge in [-0.15, -0.1) is 0 Å². The van der Waals surface area contributed by atoms with Crippen LogP contribution in [0.4, 0.5) is 0 Å². The number of amides is 1. The number of carbonyl (C=O) groups is 1. The van der Waals surface area contributed by atoms with Gasteiger partial charge in [0.1, 0.15) is 5.75 Å². The molecule has 1 amide bonds. The summed E-state index contributed by atoms with van der Waals surface area (Å²) < 4.78 is 5.43. The molecule has 2 aromatic rings. The Morgan fingerprint density at radius 3 is 2.60 bits per heavy atom. The van der Waals surface area contributed by atoms with Crippen molar-refractivity contribution >= 4 is 5.91 Å². The lowest BCUT2D eigenvalue weighted by Crippen LogP contribution is -2.33. The van der Waals surface area contributed by atoms with Crippen molar-refractivity contribution in [1.29, 1.82) is 0 Å². The van der Waals surface area contributed by atoms with Crippen LogP contribution in [0.25, 0.3) is 0 Å². The zero-order chi connectivity index (χ0) is 14.2. The minimum absolute atomic E-state index is 0.0372. The van der Waals surface area contributed by atoms with Crippen molar-refractivity contribution in [3.05, 3.63) is 60.4 Å². The van der Waals surface area contributed by atoms with Crippen LogP contribution in [0, 0.1) is 0 Å². The number of aromatic nitrogens is 1. The summed E-state index contributed by atoms with van der Waals surface area (Å²) in [6, 6.07) is 15.1. The largest absolute Gasteiger partial charge is 0.484 e. The average Bonchev–Trinajstić information content (AvgIpc) is 2.52. The molecule has 0 radical (unpaired) electrons. The summed E-state index contributed by atoms with van der Waals surface area (Å²) in [5.74, 6) is 0.670. The number of ether oxygens (including phenoxy) is 1. The Morgan fingerprint density at radius 2 is 1.90 bits per heavy atom. The SMILES string of the molecule is CN(CCc1ccccn1)C(=O)COc1ccccc1. The number of hydrogen-bond acceptors (Lipinski definition) is 3. The Hall–Kier alpha value is -2.36. The molecular weight excluding hydrogens is 252 g/mol. The highest BCUT2D eigenvalue weighted by Gasteiger charge is 2.09. The maximum atomic E-state index is 11.9. The highest BCUT2D eigenvalue weighted by molar-refractivity contribution is 5.77. The van der Waals surface area contributed by atoms with E-state index in [4.69, 9.17) is 4.74 Å². The molecule has 0 aliphatic carbocycles. The predicted octanol–water partition coefficient (Wildman–Crippen LogP) is 2.16. The number of carbonyl (C=O) groups excluding carboxylic acids is 1. The summed E-state index contributed by atoms with van der Waals surface area (Å²) in [7, 11) is 1.78. The molecule has 0 N–H and O–H groups in total. The molecular formula is C16H18N2O2. The van der Waals surface area contributed by atoms with Gasteiger partial charge in [-0.2, -0.15) is 0 Å². The summed E-state index contributed by atoms with van der Waals surface area (Å²) in [5, 5.41) is 0. The van der Waals surface area contributed by atoms with E-state index in [2.05, 4.69) is 4.98 Å². The molecule has 0 fully saturated rings. The quantitative estimate of drug-likeness (QED) is 0.808. The summed E-state index contributed by atoms with van der Waals surface area (Å²) in [6.07, 6.45) is 2.50. The van der Waals surface area contributed by atoms with E-state index < -0.39 is 0 Å². The van der Waals surface area contributed by atoms with Gasteiger partial charge in [0.05, 0.1) is 0 Å². The first-order valence-electron chi connectivity index (χ1n) is 6.57. The number of rotatable bonds is 6. The van der Waals surface area contributed by atoms with Crippen LogP contribution in [0.15, 0.2) is 54.7 Å². The summed E-state index contributed by atoms with van der Waals surface area (Å²) in [5.41, 5.74) is 0.983. The Morgan fingerprint density at radius 1 is 1.15 bits per heavy atom. The molecule has 0 saturated carbocycles. The third-order valence-corrected chi connectivity index (χ3v) is 2.96. The van der Waals surface area contributed by atoms with Crippen LogP contribution in [0.1, 0.15) is 5.69 Å². The van der Waals surface area contributed by atoms with Gasteiger partial charge in [0.15, 0.2) is 6.61 Å². The van der Waals surface area contributed by atoms with Gasteiger partial charge < -0.3 is 9.64 Å². The van der Waals surface area contributed by atoms with Crippen molar-refractivity contribution in [3.8, 4) is 5.75 Å². The molecule has 1 aromatic heterocycles. The van der Waals surface area contributed by atoms with E-state index in [0.717, 1.165) is 12.1 Å². The number of benzene rings is 1. The molecule has 0 aliphatic heterocycles. The van der Waals surface area contributed by atoms with Crippen molar-refractivity contribution in [1.82, 2.24) is 9.88 Å². The summed E-state index contributed by atoms with van der Waals surface area (Å²) in [4.78, 5) is 17.8. The zero-order valence-corrected chi connectivity index (χ0v) is 11.5. The van der Waals surface area contributed by atoms with Crippen LogP contribution < -0.4 is 4.74 Å². The van der Waals surface area contributed by atoms with E-state index in [-0.39, 0.29) is 12.5 Å². The Labute approximate surface area is 119 Å². The fourth-order valence-electron chi connectivity index (χ4n) is 1.72. The fourth-order valence-corrected chi connectivity index (χ4v) is 1.72. The Balaban J connectivity index is 1.75. The third kappa shape index (κ3) is 4.39. The van der Waals surface area contributed by atoms with Gasteiger partial charge in [-0.25, -0.2) is 0 Å². The lowest BCUT2D eigenvalue weighted by molar-refractivity contribution is -0.132. The molecule has 0 atom stereocenters. The van der Waals surface area contributed by atoms with Crippen molar-refractivity contribution in [2.45, 2.75) is 6.42 Å². The van der Waals surface area contributed by atoms with Crippen LogP contribution >= 0.6 is 0 Å². The molecule has 1 aromatic carbocycles. The number of likely N-dealkylation sites (N-methyl/N-ethyl adjacent to an activating group) is 1. The van der Waals surface area contributed by atoms with Crippen molar-refractivity contribution in [2.24, 2.45) is 0 Å². The van der Waals surface area contributed by atoms with Gasteiger partial charge in [-0.3, -0.25) is 9.78 Å². The van der Waals surface area contributed by atoms with E-state index in [9.17, 15) is 4.79 Å². The van der Waals surface area contributed by atoms with E-state index >= 15 is 0 Å². The molecule has 4 heteroatoms. The molecule has 0 unspecified atom stereocenters. The molecule has 0 aliphatic rings. The predicted molar refractivity (Wildman–Crippen MR) is 77.5 cm³/mol. The first-order chi connectivity index (χ1) is 9.75. The maximum absolute atomic E-state index is 11.9. The highest BCUT2D eigenvalue weighted by atomic mass is 16.5. The normalized spacial score (nSPS) is 10.1. The molecule has 2 rings (SSSR count). The molecule has 0 bridgehead atoms. The van der Waals surface area contributed by atoms with Crippen molar-refractivity contribution < 1.29 is 9.53 Å². The van der Waals surface area contributed by atoms with Crippen molar-refractivity contribution in [2.75, 3.05) is 20.2 Å². The summed E-state index contributed by atoms with van der Waals surface area (Å²) >= 11 is 0. The van der Waals surface area contributed by atoms with Gasteiger partial charge in [0.25, 0.3) is 5.91 Å². The molecule has 0 saturated heterocycles. The van der Waals surface area contributed by atoms with Gasteiger partial charge in [-0.05, 0) is 24.3 Å². The molecule has 104 valence electrons. The van der Waals surface area contributed by atoms with Crippen molar-refractivity contribution in [3.63, 3.8) is 0 Å². The zero-order valence-electron chi connectivity index (χ0n) is 11.5. The van der Waals surface area contributed by atoms with Gasteiger partial charge in [0.2, 0.25) is 0 Å². The topological polar surface area (TPSA) is 42.4 Å². The first kappa shape index (κ1) is 14.1. The van der Waals surface area contributed by atoms with Crippen LogP contribution in [0.2, 0.25) is 0 Å². The van der Waals surface area contributed by atoms with E-state index in [1.54, 1.807) is 18.1 Å². The van der Waals surface area contributed by atoms with E-state index in [1.807, 2.05) is 48.5 Å². The van der Waals surface area contributed by atoms with Crippen LogP contribution in [0.3, 0.4) is 0 Å². The molecule has 1 heterocycles. The van der Waals surface area contributed by atoms with E-state index in [0.29, 0.717) is 12.3 Å². The third-order valence-electron chi connectivity index (χ3n) is 2.96. The minimum Gasteiger partial charge on any atom is -0.484 e. The maximum Gasteiger partial charge on any atom is 0.260 e. The average molecular weight is 270 g/mol. The number of pyridine rings is 1. The first-order valence-corrected chi connectivity index (χ1v) is 6.57. The van der Waals surface area contributed by atoms with Gasteiger partial charge in [0, 0.05) is 31.9 Å². The Kier molecular flexibility index (Phi) is 5.12. The molecule has 4 nitrogen and oxygen atoms in total. The lowest BCUT2D eigenvalue weighted by Gasteiger charge is -2.17. The molecule has 0 spiro atoms. The number of nitrogens with zero attached hydrogens (tertiary/aromatic N) is 2. The number of hydrogen-bond donors (Lipinski definition) is 0. The van der Waals surface area contributed by atoms with Gasteiger partial charge >= 0.3 is 0 Å². The van der Waals surface area contributed by atoms with Crippen LogP contribution in [0.5, 0.6) is 5.75 Å². The smallest absolute Gasteiger partial charge is 0.260 e. The monoisotopic (exact) mass is 270 g/mol.